The zero-order chi connectivity index (χ0) is 19.6. The fourth-order valence-electron chi connectivity index (χ4n) is 4.16. The van der Waals surface area contributed by atoms with Crippen molar-refractivity contribution < 1.29 is 4.57 Å². The fraction of sp³-hybridized carbons (Fsp3) is 0.227. The van der Waals surface area contributed by atoms with E-state index in [2.05, 4.69) is 90.9 Å². The van der Waals surface area contributed by atoms with Crippen molar-refractivity contribution in [1.82, 2.24) is 14.6 Å². The summed E-state index contributed by atoms with van der Waals surface area (Å²) >= 11 is 0.210. The number of nitrogens with zero attached hydrogens (tertiary/aromatic N) is 4. The summed E-state index contributed by atoms with van der Waals surface area (Å²) in [4.78, 5) is 4.48. The van der Waals surface area contributed by atoms with Crippen LogP contribution < -0.4 is 9.75 Å². The van der Waals surface area contributed by atoms with E-state index in [1.807, 2.05) is 4.52 Å². The van der Waals surface area contributed by atoms with Crippen molar-refractivity contribution in [3.8, 4) is 11.3 Å². The van der Waals surface area contributed by atoms with E-state index in [0.717, 1.165) is 4.52 Å². The number of rotatable bonds is 2. The summed E-state index contributed by atoms with van der Waals surface area (Å²) in [6.45, 7) is 9.55. The number of aryl methyl sites for hydroxylation is 2. The standard InChI is InChI=1S/C22H23N4SeSi/c1-14-15-8-6-7-9-16(15)19(28(3,4)5)12-17(14)20-21-18(10-11-25(20)2)27-22-23-13-24-26(21)22/h6-13H,1-5H3/q+1. The predicted molar refractivity (Wildman–Crippen MR) is 119 cm³/mol. The SMILES string of the molecule is Cc1c(-c2c3c(cc[n+]2C)[se]c2ncnn23)cc([Si](C)(C)C)c2ccccc12. The van der Waals surface area contributed by atoms with E-state index in [4.69, 9.17) is 0 Å². The minimum absolute atomic E-state index is 0.210. The summed E-state index contributed by atoms with van der Waals surface area (Å²) in [7, 11) is 0.613. The van der Waals surface area contributed by atoms with Gasteiger partial charge < -0.3 is 0 Å². The number of pyridine rings is 1. The van der Waals surface area contributed by atoms with Crippen LogP contribution in [-0.4, -0.2) is 37.2 Å². The van der Waals surface area contributed by atoms with E-state index < -0.39 is 8.07 Å². The van der Waals surface area contributed by atoms with Crippen LogP contribution in [0.15, 0.2) is 48.9 Å². The first-order valence-corrected chi connectivity index (χ1v) is 14.7. The van der Waals surface area contributed by atoms with Crippen molar-refractivity contribution in [3.05, 3.63) is 54.5 Å². The molecule has 0 fully saturated rings. The van der Waals surface area contributed by atoms with Gasteiger partial charge in [0.2, 0.25) is 0 Å². The van der Waals surface area contributed by atoms with Crippen LogP contribution in [0, 0.1) is 6.92 Å². The molecule has 0 unspecified atom stereocenters. The summed E-state index contributed by atoms with van der Waals surface area (Å²) in [6.07, 6.45) is 3.86. The normalized spacial score (nSPS) is 12.5. The Kier molecular flexibility index (Phi) is 3.88. The maximum absolute atomic E-state index is 4.55. The summed E-state index contributed by atoms with van der Waals surface area (Å²) in [5, 5.41) is 8.83. The molecule has 0 aliphatic rings. The fourth-order valence-corrected chi connectivity index (χ4v) is 7.72. The molecule has 0 amide bonds. The van der Waals surface area contributed by atoms with E-state index in [0.29, 0.717) is 0 Å². The Bertz CT molecular complexity index is 1370. The van der Waals surface area contributed by atoms with Gasteiger partial charge in [0.15, 0.2) is 0 Å². The predicted octanol–water partition coefficient (Wildman–Crippen LogP) is 3.44. The van der Waals surface area contributed by atoms with Crippen molar-refractivity contribution in [3.63, 3.8) is 0 Å². The second kappa shape index (κ2) is 6.11. The van der Waals surface area contributed by atoms with Gasteiger partial charge >= 0.3 is 171 Å². The number of benzene rings is 2. The van der Waals surface area contributed by atoms with Crippen LogP contribution in [0.4, 0.5) is 0 Å². The van der Waals surface area contributed by atoms with Gasteiger partial charge in [0.25, 0.3) is 0 Å². The average Bonchev–Trinajstić information content (AvgIpc) is 3.23. The first kappa shape index (κ1) is 17.8. The molecule has 0 aliphatic heterocycles. The van der Waals surface area contributed by atoms with Crippen LogP contribution in [0.5, 0.6) is 0 Å². The molecule has 0 saturated carbocycles. The average molecular weight is 451 g/mol. The van der Waals surface area contributed by atoms with Crippen LogP contribution in [0.2, 0.25) is 19.6 Å². The van der Waals surface area contributed by atoms with E-state index in [1.54, 1.807) is 6.33 Å². The van der Waals surface area contributed by atoms with Gasteiger partial charge in [0.1, 0.15) is 0 Å². The van der Waals surface area contributed by atoms with Crippen LogP contribution >= 0.6 is 0 Å². The molecular weight excluding hydrogens is 427 g/mol. The Morgan fingerprint density at radius 1 is 1.07 bits per heavy atom. The van der Waals surface area contributed by atoms with Crippen molar-refractivity contribution in [2.75, 3.05) is 0 Å². The molecule has 5 rings (SSSR count). The minimum atomic E-state index is -1.53. The number of hydrogen-bond acceptors (Lipinski definition) is 2. The van der Waals surface area contributed by atoms with Gasteiger partial charge in [-0.3, -0.25) is 0 Å². The third-order valence-corrected chi connectivity index (χ3v) is 9.72. The molecule has 140 valence electrons. The number of fused-ring (bicyclic) bond motifs is 4. The quantitative estimate of drug-likeness (QED) is 0.305. The van der Waals surface area contributed by atoms with Crippen molar-refractivity contribution in [1.29, 1.82) is 0 Å². The van der Waals surface area contributed by atoms with Crippen LogP contribution in [0.3, 0.4) is 0 Å². The molecule has 0 aliphatic carbocycles. The summed E-state index contributed by atoms with van der Waals surface area (Å²) in [6, 6.07) is 13.6. The molecule has 28 heavy (non-hydrogen) atoms. The Hall–Kier alpha value is -2.27. The Morgan fingerprint density at radius 2 is 1.82 bits per heavy atom. The molecule has 0 radical (unpaired) electrons. The Balaban J connectivity index is 1.98. The third kappa shape index (κ3) is 2.52. The van der Waals surface area contributed by atoms with E-state index in [9.17, 15) is 0 Å². The van der Waals surface area contributed by atoms with Gasteiger partial charge in [-0.15, -0.1) is 0 Å². The van der Waals surface area contributed by atoms with Crippen LogP contribution in [-0.2, 0) is 7.05 Å². The van der Waals surface area contributed by atoms with Gasteiger partial charge in [-0.2, -0.15) is 0 Å². The first-order valence-electron chi connectivity index (χ1n) is 9.50. The summed E-state index contributed by atoms with van der Waals surface area (Å²) in [5.41, 5.74) is 5.10. The summed E-state index contributed by atoms with van der Waals surface area (Å²) < 4.78 is 6.74. The molecule has 2 aromatic carbocycles. The molecule has 0 N–H and O–H groups in total. The third-order valence-electron chi connectivity index (χ3n) is 5.57. The molecule has 5 aromatic rings. The Labute approximate surface area is 171 Å². The van der Waals surface area contributed by atoms with Gasteiger partial charge in [-0.1, -0.05) is 0 Å². The molecule has 3 heterocycles. The van der Waals surface area contributed by atoms with Crippen LogP contribution in [0.1, 0.15) is 5.56 Å². The molecule has 0 atom stereocenters. The molecule has 0 bridgehead atoms. The molecule has 3 aromatic heterocycles. The van der Waals surface area contributed by atoms with Crippen molar-refractivity contribution >= 4 is 52.8 Å². The van der Waals surface area contributed by atoms with Gasteiger partial charge in [-0.05, 0) is 0 Å². The van der Waals surface area contributed by atoms with Gasteiger partial charge in [-0.25, -0.2) is 0 Å². The maximum atomic E-state index is 4.55. The molecule has 6 heteroatoms. The van der Waals surface area contributed by atoms with E-state index >= 15 is 0 Å². The second-order valence-electron chi connectivity index (χ2n) is 8.44. The van der Waals surface area contributed by atoms with E-state index in [-0.39, 0.29) is 14.5 Å². The molecule has 4 nitrogen and oxygen atoms in total. The number of hydrogen-bond donors (Lipinski definition) is 0. The zero-order valence-electron chi connectivity index (χ0n) is 16.8. The van der Waals surface area contributed by atoms with Crippen molar-refractivity contribution in [2.45, 2.75) is 26.6 Å². The number of aromatic nitrogens is 4. The van der Waals surface area contributed by atoms with Gasteiger partial charge in [0, 0.05) is 0 Å². The topological polar surface area (TPSA) is 34.1 Å². The second-order valence-corrected chi connectivity index (χ2v) is 15.6. The molecule has 0 saturated heterocycles. The monoisotopic (exact) mass is 451 g/mol. The first-order chi connectivity index (χ1) is 13.4. The molecular formula is C22H23N4SeSi+. The van der Waals surface area contributed by atoms with Gasteiger partial charge in [0.05, 0.1) is 0 Å². The zero-order valence-corrected chi connectivity index (χ0v) is 19.5. The summed E-state index contributed by atoms with van der Waals surface area (Å²) in [5.74, 6) is 0. The van der Waals surface area contributed by atoms with E-state index in [1.165, 1.54) is 42.6 Å². The molecule has 0 spiro atoms. The van der Waals surface area contributed by atoms with Crippen LogP contribution in [0.25, 0.3) is 36.3 Å². The Morgan fingerprint density at radius 3 is 2.57 bits per heavy atom. The van der Waals surface area contributed by atoms with Crippen molar-refractivity contribution in [2.24, 2.45) is 7.05 Å².